The van der Waals surface area contributed by atoms with E-state index < -0.39 is 0 Å². The monoisotopic (exact) mass is 108 g/mol. The fraction of sp³-hybridized carbons (Fsp3) is 1.00. The van der Waals surface area contributed by atoms with Gasteiger partial charge in [0.1, 0.15) is 0 Å². The number of hydrogen-bond donors (Lipinski definition) is 1. The summed E-state index contributed by atoms with van der Waals surface area (Å²) < 4.78 is 0. The molecule has 1 N–H and O–H groups in total. The van der Waals surface area contributed by atoms with Gasteiger partial charge in [0, 0.05) is 6.42 Å². The molecule has 1 aliphatic heterocycles. The van der Waals surface area contributed by atoms with Crippen molar-refractivity contribution in [2.75, 3.05) is 13.1 Å². The summed E-state index contributed by atoms with van der Waals surface area (Å²) in [6.07, 6.45) is 1.14. The van der Waals surface area contributed by atoms with Gasteiger partial charge in [-0.25, -0.2) is 0 Å². The fourth-order valence-corrected chi connectivity index (χ4v) is 0.321. The molecule has 3 heteroatoms. The molecule has 1 heterocycles. The molecule has 0 saturated carbocycles. The van der Waals surface area contributed by atoms with Gasteiger partial charge in [-0.2, -0.15) is 0 Å². The molecule has 0 atom stereocenters. The summed E-state index contributed by atoms with van der Waals surface area (Å²) in [6, 6.07) is 0. The first-order valence-corrected chi connectivity index (χ1v) is 1.91. The zero-order chi connectivity index (χ0) is 3.70. The van der Waals surface area contributed by atoms with E-state index in [0.29, 0.717) is 5.06 Å². The average molecular weight is 109 g/mol. The van der Waals surface area contributed by atoms with Crippen LogP contribution in [0, 0.1) is 5.21 Å². The van der Waals surface area contributed by atoms with Gasteiger partial charge in [-0.3, -0.25) is 0 Å². The first-order chi connectivity index (χ1) is 2.39. The van der Waals surface area contributed by atoms with Gasteiger partial charge in [-0.1, -0.05) is 0 Å². The SMILES string of the molecule is [Cl-].[O-][NH+]1CCC1. The Morgan fingerprint density at radius 2 is 1.67 bits per heavy atom. The standard InChI is InChI=1S/C3H7NO.ClH/c5-4-2-1-3-4;/h4H,1-3H2;1H/p-1. The zero-order valence-corrected chi connectivity index (χ0v) is 4.16. The number of hydrogen-bond acceptors (Lipinski definition) is 1. The van der Waals surface area contributed by atoms with Crippen LogP contribution in [-0.2, 0) is 0 Å². The molecular formula is C3H7ClNO-. The Hall–Kier alpha value is 0.210. The molecular weight excluding hydrogens is 101 g/mol. The second-order valence-electron chi connectivity index (χ2n) is 1.39. The van der Waals surface area contributed by atoms with Crippen molar-refractivity contribution >= 4 is 0 Å². The van der Waals surface area contributed by atoms with E-state index in [0.717, 1.165) is 19.5 Å². The molecule has 0 aromatic heterocycles. The van der Waals surface area contributed by atoms with Gasteiger partial charge < -0.3 is 22.7 Å². The van der Waals surface area contributed by atoms with E-state index in [2.05, 4.69) is 0 Å². The zero-order valence-electron chi connectivity index (χ0n) is 3.41. The Labute approximate surface area is 43.1 Å². The van der Waals surface area contributed by atoms with Crippen LogP contribution in [0.25, 0.3) is 0 Å². The first-order valence-electron chi connectivity index (χ1n) is 1.91. The van der Waals surface area contributed by atoms with E-state index >= 15 is 0 Å². The maximum absolute atomic E-state index is 9.90. The predicted molar refractivity (Wildman–Crippen MR) is 18.7 cm³/mol. The summed E-state index contributed by atoms with van der Waals surface area (Å²) in [4.78, 5) is 0. The van der Waals surface area contributed by atoms with E-state index in [1.807, 2.05) is 0 Å². The van der Waals surface area contributed by atoms with Gasteiger partial charge in [-0.05, 0) is 0 Å². The molecule has 1 aliphatic rings. The molecule has 0 aliphatic carbocycles. The second kappa shape index (κ2) is 2.39. The largest absolute Gasteiger partial charge is 1.00 e. The van der Waals surface area contributed by atoms with E-state index in [1.165, 1.54) is 0 Å². The molecule has 0 unspecified atom stereocenters. The van der Waals surface area contributed by atoms with E-state index in [1.54, 1.807) is 0 Å². The van der Waals surface area contributed by atoms with Crippen LogP contribution in [0.3, 0.4) is 0 Å². The first kappa shape index (κ1) is 6.21. The predicted octanol–water partition coefficient (Wildman–Crippen LogP) is -4.22. The summed E-state index contributed by atoms with van der Waals surface area (Å²) in [5.41, 5.74) is 0. The smallest absolute Gasteiger partial charge is 0.0822 e. The summed E-state index contributed by atoms with van der Waals surface area (Å²) in [7, 11) is 0. The van der Waals surface area contributed by atoms with Gasteiger partial charge in [0.15, 0.2) is 0 Å². The molecule has 0 aromatic carbocycles. The lowest BCUT2D eigenvalue weighted by molar-refractivity contribution is -0.889. The maximum Gasteiger partial charge on any atom is 0.0822 e. The Kier molecular flexibility index (Phi) is 2.48. The summed E-state index contributed by atoms with van der Waals surface area (Å²) in [6.45, 7) is 1.69. The second-order valence-corrected chi connectivity index (χ2v) is 1.39. The lowest BCUT2D eigenvalue weighted by Gasteiger charge is -2.29. The molecule has 0 spiro atoms. The van der Waals surface area contributed by atoms with Crippen LogP contribution in [0.2, 0.25) is 0 Å². The number of nitrogens with one attached hydrogen (secondary N) is 1. The number of rotatable bonds is 0. The molecule has 0 radical (unpaired) electrons. The van der Waals surface area contributed by atoms with Crippen molar-refractivity contribution in [1.82, 2.24) is 0 Å². The number of hydroxylamine groups is 2. The van der Waals surface area contributed by atoms with Gasteiger partial charge in [0.05, 0.1) is 13.1 Å². The van der Waals surface area contributed by atoms with E-state index in [-0.39, 0.29) is 12.4 Å². The highest BCUT2D eigenvalue weighted by Gasteiger charge is 2.05. The van der Waals surface area contributed by atoms with Gasteiger partial charge in [0.25, 0.3) is 0 Å². The minimum absolute atomic E-state index is 0. The number of halogens is 1. The van der Waals surface area contributed by atoms with Crippen LogP contribution in [0.15, 0.2) is 0 Å². The van der Waals surface area contributed by atoms with Gasteiger partial charge in [-0.15, -0.1) is 0 Å². The topological polar surface area (TPSA) is 27.5 Å². The third-order valence-electron chi connectivity index (χ3n) is 0.911. The summed E-state index contributed by atoms with van der Waals surface area (Å²) >= 11 is 0. The van der Waals surface area contributed by atoms with Crippen LogP contribution in [-0.4, -0.2) is 13.1 Å². The van der Waals surface area contributed by atoms with Crippen molar-refractivity contribution < 1.29 is 17.5 Å². The molecule has 0 bridgehead atoms. The summed E-state index contributed by atoms with van der Waals surface area (Å²) in [5.74, 6) is 0. The van der Waals surface area contributed by atoms with Crippen LogP contribution in [0.1, 0.15) is 6.42 Å². The molecule has 1 rings (SSSR count). The maximum atomic E-state index is 9.90. The lowest BCUT2D eigenvalue weighted by Crippen LogP contribution is -3.13. The van der Waals surface area contributed by atoms with Crippen molar-refractivity contribution in [3.05, 3.63) is 5.21 Å². The minimum atomic E-state index is 0. The fourth-order valence-electron chi connectivity index (χ4n) is 0.321. The summed E-state index contributed by atoms with van der Waals surface area (Å²) in [5, 5.41) is 10.3. The molecule has 0 aromatic rings. The van der Waals surface area contributed by atoms with Crippen LogP contribution in [0.4, 0.5) is 0 Å². The van der Waals surface area contributed by atoms with Crippen molar-refractivity contribution in [2.24, 2.45) is 0 Å². The highest BCUT2D eigenvalue weighted by molar-refractivity contribution is 4.40. The highest BCUT2D eigenvalue weighted by Crippen LogP contribution is 1.72. The van der Waals surface area contributed by atoms with E-state index in [9.17, 15) is 5.21 Å². The van der Waals surface area contributed by atoms with E-state index in [4.69, 9.17) is 0 Å². The van der Waals surface area contributed by atoms with Crippen LogP contribution in [0.5, 0.6) is 0 Å². The Morgan fingerprint density at radius 3 is 1.67 bits per heavy atom. The molecule has 38 valence electrons. The molecule has 0 amide bonds. The molecule has 6 heavy (non-hydrogen) atoms. The van der Waals surface area contributed by atoms with Crippen molar-refractivity contribution in [3.8, 4) is 0 Å². The van der Waals surface area contributed by atoms with Crippen LogP contribution < -0.4 is 17.5 Å². The normalized spacial score (nSPS) is 21.5. The molecule has 2 nitrogen and oxygen atoms in total. The molecule has 1 fully saturated rings. The van der Waals surface area contributed by atoms with Crippen molar-refractivity contribution in [3.63, 3.8) is 0 Å². The van der Waals surface area contributed by atoms with Crippen molar-refractivity contribution in [1.29, 1.82) is 0 Å². The third kappa shape index (κ3) is 1.12. The average Bonchev–Trinajstić information content (AvgIpc) is 1.30. The van der Waals surface area contributed by atoms with Gasteiger partial charge in [0.2, 0.25) is 0 Å². The van der Waals surface area contributed by atoms with Crippen LogP contribution >= 0.6 is 0 Å². The number of quaternary nitrogens is 1. The third-order valence-corrected chi connectivity index (χ3v) is 0.911. The van der Waals surface area contributed by atoms with Gasteiger partial charge >= 0.3 is 0 Å². The quantitative estimate of drug-likeness (QED) is 0.313. The minimum Gasteiger partial charge on any atom is -1.00 e. The molecule has 1 saturated heterocycles. The Morgan fingerprint density at radius 1 is 1.33 bits per heavy atom. The lowest BCUT2D eigenvalue weighted by atomic mass is 10.3. The Balaban J connectivity index is 0.000000250. The Bertz CT molecular complexity index is 37.8. The highest BCUT2D eigenvalue weighted by atomic mass is 35.5. The van der Waals surface area contributed by atoms with Crippen molar-refractivity contribution in [2.45, 2.75) is 6.42 Å².